The first-order chi connectivity index (χ1) is 9.13. The zero-order chi connectivity index (χ0) is 13.8. The zero-order valence-corrected chi connectivity index (χ0v) is 11.0. The zero-order valence-electron chi connectivity index (χ0n) is 11.0. The summed E-state index contributed by atoms with van der Waals surface area (Å²) in [6.07, 6.45) is 2.23. The van der Waals surface area contributed by atoms with Crippen molar-refractivity contribution in [2.75, 3.05) is 5.32 Å². The van der Waals surface area contributed by atoms with Gasteiger partial charge in [0.05, 0.1) is 5.52 Å². The molecular formula is C14H17N3O2. The fourth-order valence-corrected chi connectivity index (χ4v) is 1.95. The van der Waals surface area contributed by atoms with Crippen molar-refractivity contribution in [2.45, 2.75) is 26.3 Å². The normalized spacial score (nSPS) is 14.0. The second-order valence-corrected chi connectivity index (χ2v) is 4.59. The highest BCUT2D eigenvalue weighted by Gasteiger charge is 2.24. The largest absolute Gasteiger partial charge is 0.480 e. The molecule has 0 amide bonds. The van der Waals surface area contributed by atoms with Crippen LogP contribution in [0.4, 0.5) is 5.82 Å². The molecule has 2 aromatic rings. The molecular weight excluding hydrogens is 242 g/mol. The molecule has 0 fully saturated rings. The van der Waals surface area contributed by atoms with Crippen molar-refractivity contribution in [1.82, 2.24) is 9.97 Å². The number of aliphatic carboxylic acids is 1. The third-order valence-electron chi connectivity index (χ3n) is 3.31. The van der Waals surface area contributed by atoms with E-state index >= 15 is 0 Å². The van der Waals surface area contributed by atoms with E-state index in [4.69, 9.17) is 0 Å². The van der Waals surface area contributed by atoms with Gasteiger partial charge >= 0.3 is 5.97 Å². The summed E-state index contributed by atoms with van der Waals surface area (Å²) < 4.78 is 0. The summed E-state index contributed by atoms with van der Waals surface area (Å²) in [5.74, 6) is -0.276. The molecule has 0 saturated carbocycles. The first-order valence-corrected chi connectivity index (χ1v) is 6.32. The molecule has 0 aliphatic rings. The Balaban J connectivity index is 2.36. The maximum Gasteiger partial charge on any atom is 0.326 e. The second-order valence-electron chi connectivity index (χ2n) is 4.59. The fourth-order valence-electron chi connectivity index (χ4n) is 1.95. The van der Waals surface area contributed by atoms with Crippen LogP contribution in [-0.4, -0.2) is 27.1 Å². The predicted octanol–water partition coefficient (Wildman–Crippen LogP) is 2.54. The van der Waals surface area contributed by atoms with Crippen LogP contribution in [0.1, 0.15) is 20.3 Å². The number of carboxylic acids is 1. The van der Waals surface area contributed by atoms with Gasteiger partial charge < -0.3 is 10.4 Å². The van der Waals surface area contributed by atoms with Crippen molar-refractivity contribution in [2.24, 2.45) is 5.92 Å². The maximum atomic E-state index is 11.3. The van der Waals surface area contributed by atoms with E-state index in [1.807, 2.05) is 38.1 Å². The molecule has 5 heteroatoms. The quantitative estimate of drug-likeness (QED) is 0.863. The van der Waals surface area contributed by atoms with E-state index in [-0.39, 0.29) is 5.92 Å². The van der Waals surface area contributed by atoms with Crippen LogP contribution >= 0.6 is 0 Å². The minimum absolute atomic E-state index is 0.0197. The topological polar surface area (TPSA) is 75.1 Å². The molecule has 5 nitrogen and oxygen atoms in total. The predicted molar refractivity (Wildman–Crippen MR) is 74.0 cm³/mol. The molecule has 1 aromatic carbocycles. The van der Waals surface area contributed by atoms with Gasteiger partial charge in [0.1, 0.15) is 18.2 Å². The molecule has 0 unspecified atom stereocenters. The van der Waals surface area contributed by atoms with Crippen molar-refractivity contribution < 1.29 is 9.90 Å². The van der Waals surface area contributed by atoms with Gasteiger partial charge in [-0.1, -0.05) is 32.4 Å². The molecule has 2 N–H and O–H groups in total. The van der Waals surface area contributed by atoms with E-state index in [1.165, 1.54) is 6.33 Å². The second kappa shape index (κ2) is 5.65. The Morgan fingerprint density at radius 1 is 1.37 bits per heavy atom. The molecule has 19 heavy (non-hydrogen) atoms. The molecule has 1 aromatic heterocycles. The lowest BCUT2D eigenvalue weighted by Crippen LogP contribution is -2.35. The number of carboxylic acid groups (broad SMARTS) is 1. The number of aromatic nitrogens is 2. The van der Waals surface area contributed by atoms with Gasteiger partial charge in [-0.3, -0.25) is 0 Å². The van der Waals surface area contributed by atoms with Gasteiger partial charge in [0, 0.05) is 5.39 Å². The average Bonchev–Trinajstić information content (AvgIpc) is 2.43. The van der Waals surface area contributed by atoms with E-state index < -0.39 is 12.0 Å². The smallest absolute Gasteiger partial charge is 0.326 e. The van der Waals surface area contributed by atoms with Crippen LogP contribution < -0.4 is 5.32 Å². The lowest BCUT2D eigenvalue weighted by atomic mass is 9.99. The summed E-state index contributed by atoms with van der Waals surface area (Å²) in [6, 6.07) is 6.88. The van der Waals surface area contributed by atoms with Gasteiger partial charge in [-0.25, -0.2) is 14.8 Å². The van der Waals surface area contributed by atoms with Crippen molar-refractivity contribution in [3.05, 3.63) is 30.6 Å². The lowest BCUT2D eigenvalue weighted by molar-refractivity contribution is -0.139. The molecule has 2 rings (SSSR count). The minimum Gasteiger partial charge on any atom is -0.480 e. The highest BCUT2D eigenvalue weighted by Crippen LogP contribution is 2.21. The summed E-state index contributed by atoms with van der Waals surface area (Å²) in [7, 11) is 0. The molecule has 0 radical (unpaired) electrons. The number of para-hydroxylation sites is 1. The molecule has 0 aliphatic heterocycles. The summed E-state index contributed by atoms with van der Waals surface area (Å²) in [6.45, 7) is 3.88. The van der Waals surface area contributed by atoms with Crippen LogP contribution in [-0.2, 0) is 4.79 Å². The Hall–Kier alpha value is -2.17. The molecule has 2 atom stereocenters. The fraction of sp³-hybridized carbons (Fsp3) is 0.357. The molecule has 0 aliphatic carbocycles. The molecule has 1 heterocycles. The number of hydrogen-bond acceptors (Lipinski definition) is 4. The Bertz CT molecular complexity index is 580. The van der Waals surface area contributed by atoms with Crippen LogP contribution in [0.2, 0.25) is 0 Å². The van der Waals surface area contributed by atoms with Crippen LogP contribution in [0, 0.1) is 5.92 Å². The number of anilines is 1. The number of rotatable bonds is 5. The highest BCUT2D eigenvalue weighted by atomic mass is 16.4. The molecule has 100 valence electrons. The lowest BCUT2D eigenvalue weighted by Gasteiger charge is -2.21. The number of benzene rings is 1. The van der Waals surface area contributed by atoms with Crippen LogP contribution in [0.25, 0.3) is 10.9 Å². The third kappa shape index (κ3) is 2.81. The van der Waals surface area contributed by atoms with Gasteiger partial charge in [-0.05, 0) is 18.1 Å². The van der Waals surface area contributed by atoms with Crippen molar-refractivity contribution in [3.8, 4) is 0 Å². The van der Waals surface area contributed by atoms with E-state index in [2.05, 4.69) is 15.3 Å². The summed E-state index contributed by atoms with van der Waals surface area (Å²) in [5, 5.41) is 13.2. The van der Waals surface area contributed by atoms with E-state index in [0.29, 0.717) is 5.82 Å². The van der Waals surface area contributed by atoms with Crippen LogP contribution in [0.15, 0.2) is 30.6 Å². The summed E-state index contributed by atoms with van der Waals surface area (Å²) in [4.78, 5) is 19.7. The number of nitrogens with zero attached hydrogens (tertiary/aromatic N) is 2. The average molecular weight is 259 g/mol. The standard InChI is InChI=1S/C14H17N3O2/c1-3-9(2)12(14(18)19)17-13-10-6-4-5-7-11(10)15-8-16-13/h4-9,12H,3H2,1-2H3,(H,18,19)(H,15,16,17)/t9-,12-/m0/s1. The molecule has 0 bridgehead atoms. The SMILES string of the molecule is CC[C@H](C)[C@H](Nc1ncnc2ccccc12)C(=O)O. The number of fused-ring (bicyclic) bond motifs is 1. The van der Waals surface area contributed by atoms with E-state index in [1.54, 1.807) is 0 Å². The number of hydrogen-bond donors (Lipinski definition) is 2. The van der Waals surface area contributed by atoms with Crippen LogP contribution in [0.5, 0.6) is 0 Å². The maximum absolute atomic E-state index is 11.3. The Morgan fingerprint density at radius 2 is 2.11 bits per heavy atom. The van der Waals surface area contributed by atoms with E-state index in [9.17, 15) is 9.90 Å². The Kier molecular flexibility index (Phi) is 3.94. The van der Waals surface area contributed by atoms with Gasteiger partial charge in [-0.2, -0.15) is 0 Å². The Labute approximate surface area is 111 Å². The summed E-state index contributed by atoms with van der Waals surface area (Å²) in [5.41, 5.74) is 0.799. The number of carbonyl (C=O) groups is 1. The molecule has 0 saturated heterocycles. The third-order valence-corrected chi connectivity index (χ3v) is 3.31. The highest BCUT2D eigenvalue weighted by molar-refractivity contribution is 5.90. The van der Waals surface area contributed by atoms with Crippen molar-refractivity contribution in [3.63, 3.8) is 0 Å². The number of nitrogens with one attached hydrogen (secondary N) is 1. The molecule has 0 spiro atoms. The first kappa shape index (κ1) is 13.3. The van der Waals surface area contributed by atoms with Crippen molar-refractivity contribution in [1.29, 1.82) is 0 Å². The van der Waals surface area contributed by atoms with Gasteiger partial charge in [0.15, 0.2) is 0 Å². The Morgan fingerprint density at radius 3 is 2.79 bits per heavy atom. The monoisotopic (exact) mass is 259 g/mol. The van der Waals surface area contributed by atoms with Crippen molar-refractivity contribution >= 4 is 22.7 Å². The minimum atomic E-state index is -0.864. The van der Waals surface area contributed by atoms with Gasteiger partial charge in [0.2, 0.25) is 0 Å². The van der Waals surface area contributed by atoms with Gasteiger partial charge in [0.25, 0.3) is 0 Å². The van der Waals surface area contributed by atoms with Gasteiger partial charge in [-0.15, -0.1) is 0 Å². The summed E-state index contributed by atoms with van der Waals surface area (Å²) >= 11 is 0. The van der Waals surface area contributed by atoms with Crippen LogP contribution in [0.3, 0.4) is 0 Å². The first-order valence-electron chi connectivity index (χ1n) is 6.32. The van der Waals surface area contributed by atoms with E-state index in [0.717, 1.165) is 17.3 Å².